The maximum absolute atomic E-state index is 10.3. The standard InChI is InChI=1S/C5H6N2O2/c6-5(8)4-1-2-7-3-9-4/h1-4H,(H2,6,8). The molecular weight excluding hydrogens is 120 g/mol. The number of primary amides is 1. The molecule has 1 aliphatic rings. The van der Waals surface area contributed by atoms with E-state index in [-0.39, 0.29) is 0 Å². The topological polar surface area (TPSA) is 64.7 Å². The van der Waals surface area contributed by atoms with Gasteiger partial charge in [0.1, 0.15) is 0 Å². The summed E-state index contributed by atoms with van der Waals surface area (Å²) >= 11 is 0. The van der Waals surface area contributed by atoms with Crippen LogP contribution in [0.15, 0.2) is 17.3 Å². The molecule has 0 fully saturated rings. The summed E-state index contributed by atoms with van der Waals surface area (Å²) in [6.07, 6.45) is 3.51. The lowest BCUT2D eigenvalue weighted by Crippen LogP contribution is -2.29. The Balaban J connectivity index is 2.56. The average molecular weight is 126 g/mol. The third kappa shape index (κ3) is 1.28. The smallest absolute Gasteiger partial charge is 0.262 e. The van der Waals surface area contributed by atoms with Crippen LogP contribution in [-0.4, -0.2) is 18.4 Å². The maximum Gasteiger partial charge on any atom is 0.262 e. The van der Waals surface area contributed by atoms with Crippen molar-refractivity contribution in [1.82, 2.24) is 0 Å². The Hall–Kier alpha value is -1.32. The van der Waals surface area contributed by atoms with Crippen molar-refractivity contribution in [2.75, 3.05) is 0 Å². The van der Waals surface area contributed by atoms with Gasteiger partial charge in [-0.25, -0.2) is 4.99 Å². The van der Waals surface area contributed by atoms with Gasteiger partial charge in [0.25, 0.3) is 5.91 Å². The predicted molar refractivity (Wildman–Crippen MR) is 31.7 cm³/mol. The monoisotopic (exact) mass is 126 g/mol. The van der Waals surface area contributed by atoms with Crippen molar-refractivity contribution in [1.29, 1.82) is 0 Å². The third-order valence-corrected chi connectivity index (χ3v) is 0.896. The van der Waals surface area contributed by atoms with Crippen LogP contribution in [0.5, 0.6) is 0 Å². The van der Waals surface area contributed by atoms with E-state index in [9.17, 15) is 4.79 Å². The van der Waals surface area contributed by atoms with E-state index in [1.807, 2.05) is 0 Å². The molecule has 48 valence electrons. The van der Waals surface area contributed by atoms with Gasteiger partial charge in [0.05, 0.1) is 0 Å². The van der Waals surface area contributed by atoms with Crippen molar-refractivity contribution in [3.63, 3.8) is 0 Å². The molecule has 1 aliphatic heterocycles. The highest BCUT2D eigenvalue weighted by molar-refractivity contribution is 5.82. The second kappa shape index (κ2) is 2.30. The minimum absolute atomic E-state index is 0.502. The fourth-order valence-electron chi connectivity index (χ4n) is 0.471. The number of rotatable bonds is 1. The van der Waals surface area contributed by atoms with Crippen LogP contribution in [0.2, 0.25) is 0 Å². The molecule has 2 N–H and O–H groups in total. The number of carbonyl (C=O) groups is 1. The number of amides is 1. The van der Waals surface area contributed by atoms with Crippen LogP contribution >= 0.6 is 0 Å². The summed E-state index contributed by atoms with van der Waals surface area (Å²) in [7, 11) is 0. The molecule has 0 bridgehead atoms. The predicted octanol–water partition coefficient (Wildman–Crippen LogP) is -0.588. The lowest BCUT2D eigenvalue weighted by Gasteiger charge is -2.08. The van der Waals surface area contributed by atoms with E-state index in [0.29, 0.717) is 0 Å². The Morgan fingerprint density at radius 2 is 2.56 bits per heavy atom. The van der Waals surface area contributed by atoms with Crippen LogP contribution in [0.25, 0.3) is 0 Å². The molecule has 0 aromatic carbocycles. The summed E-state index contributed by atoms with van der Waals surface area (Å²) in [6.45, 7) is 0. The number of nitrogens with zero attached hydrogens (tertiary/aromatic N) is 1. The number of ether oxygens (including phenoxy) is 1. The van der Waals surface area contributed by atoms with Crippen LogP contribution in [0.4, 0.5) is 0 Å². The van der Waals surface area contributed by atoms with Crippen molar-refractivity contribution in [3.8, 4) is 0 Å². The van der Waals surface area contributed by atoms with E-state index in [0.717, 1.165) is 0 Å². The zero-order valence-electron chi connectivity index (χ0n) is 4.65. The van der Waals surface area contributed by atoms with E-state index in [2.05, 4.69) is 9.73 Å². The van der Waals surface area contributed by atoms with Gasteiger partial charge < -0.3 is 10.5 Å². The molecule has 0 aliphatic carbocycles. The van der Waals surface area contributed by atoms with E-state index in [1.165, 1.54) is 18.7 Å². The first kappa shape index (κ1) is 5.81. The molecule has 0 radical (unpaired) electrons. The molecular formula is C5H6N2O2. The third-order valence-electron chi connectivity index (χ3n) is 0.896. The van der Waals surface area contributed by atoms with Gasteiger partial charge in [-0.2, -0.15) is 0 Å². The molecule has 4 heteroatoms. The molecule has 0 saturated heterocycles. The van der Waals surface area contributed by atoms with Gasteiger partial charge in [-0.1, -0.05) is 0 Å². The molecule has 1 unspecified atom stereocenters. The highest BCUT2D eigenvalue weighted by Crippen LogP contribution is 1.96. The molecule has 1 amide bonds. The zero-order valence-corrected chi connectivity index (χ0v) is 4.65. The number of hydrogen-bond donors (Lipinski definition) is 1. The molecule has 4 nitrogen and oxygen atoms in total. The molecule has 9 heavy (non-hydrogen) atoms. The molecule has 0 saturated carbocycles. The minimum atomic E-state index is -0.637. The van der Waals surface area contributed by atoms with Gasteiger partial charge in [-0.15, -0.1) is 0 Å². The highest BCUT2D eigenvalue weighted by Gasteiger charge is 2.11. The Morgan fingerprint density at radius 3 is 2.89 bits per heavy atom. The lowest BCUT2D eigenvalue weighted by atomic mass is 10.3. The van der Waals surface area contributed by atoms with Crippen molar-refractivity contribution in [2.45, 2.75) is 6.10 Å². The number of nitrogens with two attached hydrogens (primary N) is 1. The first-order chi connectivity index (χ1) is 4.30. The van der Waals surface area contributed by atoms with Crippen molar-refractivity contribution < 1.29 is 9.53 Å². The lowest BCUT2D eigenvalue weighted by molar-refractivity contribution is -0.123. The fraction of sp³-hybridized carbons (Fsp3) is 0.200. The van der Waals surface area contributed by atoms with Crippen LogP contribution in [0.1, 0.15) is 0 Å². The number of hydrogen-bond acceptors (Lipinski definition) is 3. The zero-order chi connectivity index (χ0) is 6.69. The van der Waals surface area contributed by atoms with Gasteiger partial charge in [-0.3, -0.25) is 4.79 Å². The maximum atomic E-state index is 10.3. The van der Waals surface area contributed by atoms with E-state index in [4.69, 9.17) is 5.73 Å². The molecule has 0 spiro atoms. The highest BCUT2D eigenvalue weighted by atomic mass is 16.5. The Labute approximate surface area is 52.0 Å². The number of aliphatic imine (C=N–C) groups is 1. The van der Waals surface area contributed by atoms with Crippen LogP contribution in [0, 0.1) is 0 Å². The van der Waals surface area contributed by atoms with Crippen molar-refractivity contribution in [2.24, 2.45) is 10.7 Å². The first-order valence-electron chi connectivity index (χ1n) is 2.44. The normalized spacial score (nSPS) is 23.3. The quantitative estimate of drug-likeness (QED) is 0.510. The summed E-state index contributed by atoms with van der Waals surface area (Å²) in [6, 6.07) is 0. The van der Waals surface area contributed by atoms with Gasteiger partial charge in [0.2, 0.25) is 0 Å². The van der Waals surface area contributed by atoms with Crippen molar-refractivity contribution in [3.05, 3.63) is 12.3 Å². The fourth-order valence-corrected chi connectivity index (χ4v) is 0.471. The van der Waals surface area contributed by atoms with Crippen molar-refractivity contribution >= 4 is 12.3 Å². The molecule has 1 rings (SSSR count). The molecule has 1 atom stereocenters. The first-order valence-corrected chi connectivity index (χ1v) is 2.44. The average Bonchev–Trinajstić information content (AvgIpc) is 1.90. The summed E-state index contributed by atoms with van der Waals surface area (Å²) in [5, 5.41) is 0. The minimum Gasteiger partial charge on any atom is -0.466 e. The van der Waals surface area contributed by atoms with E-state index < -0.39 is 12.0 Å². The summed E-state index contributed by atoms with van der Waals surface area (Å²) in [5.74, 6) is -0.502. The summed E-state index contributed by atoms with van der Waals surface area (Å²) in [5.41, 5.74) is 4.89. The number of carbonyl (C=O) groups excluding carboxylic acids is 1. The van der Waals surface area contributed by atoms with Crippen LogP contribution < -0.4 is 5.73 Å². The Morgan fingerprint density at radius 1 is 1.78 bits per heavy atom. The SMILES string of the molecule is NC(=O)C1C=CN=CO1. The summed E-state index contributed by atoms with van der Waals surface area (Å²) < 4.78 is 4.69. The Bertz CT molecular complexity index is 174. The summed E-state index contributed by atoms with van der Waals surface area (Å²) in [4.78, 5) is 13.9. The largest absolute Gasteiger partial charge is 0.466 e. The van der Waals surface area contributed by atoms with E-state index >= 15 is 0 Å². The van der Waals surface area contributed by atoms with Crippen LogP contribution in [-0.2, 0) is 9.53 Å². The van der Waals surface area contributed by atoms with Crippen LogP contribution in [0.3, 0.4) is 0 Å². The Kier molecular flexibility index (Phi) is 1.48. The molecule has 0 aromatic heterocycles. The second-order valence-electron chi connectivity index (χ2n) is 1.56. The van der Waals surface area contributed by atoms with E-state index in [1.54, 1.807) is 0 Å². The van der Waals surface area contributed by atoms with Gasteiger partial charge in [0, 0.05) is 6.20 Å². The van der Waals surface area contributed by atoms with Gasteiger partial charge in [-0.05, 0) is 6.08 Å². The van der Waals surface area contributed by atoms with Gasteiger partial charge >= 0.3 is 0 Å². The second-order valence-corrected chi connectivity index (χ2v) is 1.56. The molecule has 0 aromatic rings. The molecule has 1 heterocycles. The van der Waals surface area contributed by atoms with Gasteiger partial charge in [0.15, 0.2) is 12.5 Å².